The molecule has 2 aliphatic heterocycles. The summed E-state index contributed by atoms with van der Waals surface area (Å²) >= 11 is 0. The number of hydrogen-bond acceptors (Lipinski definition) is 3. The van der Waals surface area contributed by atoms with Crippen LogP contribution in [0.3, 0.4) is 0 Å². The van der Waals surface area contributed by atoms with E-state index in [1.54, 1.807) is 11.8 Å². The van der Waals surface area contributed by atoms with Crippen LogP contribution < -0.4 is 5.63 Å². The van der Waals surface area contributed by atoms with Gasteiger partial charge in [-0.15, -0.1) is 0 Å². The Balaban J connectivity index is 1.92. The molecule has 104 valence electrons. The Kier molecular flexibility index (Phi) is 2.42. The highest BCUT2D eigenvalue weighted by atomic mass is 16.4. The van der Waals surface area contributed by atoms with E-state index in [1.165, 1.54) is 6.07 Å². The lowest BCUT2D eigenvalue weighted by atomic mass is 9.87. The minimum atomic E-state index is -0.396. The fourth-order valence-electron chi connectivity index (χ4n) is 3.21. The van der Waals surface area contributed by atoms with Crippen molar-refractivity contribution >= 4 is 12.0 Å². The molecule has 4 heteroatoms. The second-order valence-corrected chi connectivity index (χ2v) is 5.42. The van der Waals surface area contributed by atoms with E-state index < -0.39 is 5.63 Å². The molecule has 3 heterocycles. The molecule has 4 rings (SSSR count). The predicted octanol–water partition coefficient (Wildman–Crippen LogP) is 2.67. The van der Waals surface area contributed by atoms with Crippen molar-refractivity contribution in [3.05, 3.63) is 75.0 Å². The fourth-order valence-corrected chi connectivity index (χ4v) is 3.21. The number of carbonyl (C=O) groups excluding carboxylic acids is 1. The fraction of sp³-hybridized carbons (Fsp3) is 0.176. The van der Waals surface area contributed by atoms with Crippen LogP contribution in [-0.4, -0.2) is 10.8 Å². The van der Waals surface area contributed by atoms with E-state index in [2.05, 4.69) is 0 Å². The molecule has 1 amide bonds. The number of amides is 1. The van der Waals surface area contributed by atoms with E-state index in [-0.39, 0.29) is 11.9 Å². The minimum Gasteiger partial charge on any atom is -0.427 e. The third-order valence-corrected chi connectivity index (χ3v) is 4.16. The molecule has 0 radical (unpaired) electrons. The molecule has 21 heavy (non-hydrogen) atoms. The lowest BCUT2D eigenvalue weighted by Crippen LogP contribution is -2.39. The van der Waals surface area contributed by atoms with Gasteiger partial charge in [-0.25, -0.2) is 4.79 Å². The van der Waals surface area contributed by atoms with E-state index in [4.69, 9.17) is 4.42 Å². The van der Waals surface area contributed by atoms with E-state index in [0.29, 0.717) is 23.3 Å². The Morgan fingerprint density at radius 2 is 2.05 bits per heavy atom. The van der Waals surface area contributed by atoms with Gasteiger partial charge in [0.05, 0.1) is 11.6 Å². The first-order valence-corrected chi connectivity index (χ1v) is 6.88. The number of hydrogen-bond donors (Lipinski definition) is 0. The maximum Gasteiger partial charge on any atom is 0.336 e. The molecule has 2 aromatic rings. The Morgan fingerprint density at radius 1 is 1.24 bits per heavy atom. The van der Waals surface area contributed by atoms with Crippen molar-refractivity contribution < 1.29 is 9.21 Å². The van der Waals surface area contributed by atoms with Gasteiger partial charge in [-0.1, -0.05) is 24.3 Å². The molecule has 0 bridgehead atoms. The van der Waals surface area contributed by atoms with Gasteiger partial charge in [0.1, 0.15) is 5.76 Å². The zero-order chi connectivity index (χ0) is 14.6. The first kappa shape index (κ1) is 12.1. The molecule has 0 saturated heterocycles. The smallest absolute Gasteiger partial charge is 0.336 e. The number of nitrogens with zero attached hydrogens (tertiary/aromatic N) is 1. The van der Waals surface area contributed by atoms with Gasteiger partial charge >= 0.3 is 5.63 Å². The van der Waals surface area contributed by atoms with Crippen LogP contribution in [0.2, 0.25) is 0 Å². The summed E-state index contributed by atoms with van der Waals surface area (Å²) in [6.45, 7) is 1.77. The van der Waals surface area contributed by atoms with Crippen molar-refractivity contribution in [3.63, 3.8) is 0 Å². The van der Waals surface area contributed by atoms with Gasteiger partial charge in [-0.2, -0.15) is 0 Å². The number of fused-ring (bicyclic) bond motifs is 4. The monoisotopic (exact) mass is 279 g/mol. The van der Waals surface area contributed by atoms with E-state index >= 15 is 0 Å². The summed E-state index contributed by atoms with van der Waals surface area (Å²) in [4.78, 5) is 26.0. The molecule has 1 aromatic heterocycles. The average molecular weight is 279 g/mol. The predicted molar refractivity (Wildman–Crippen MR) is 77.8 cm³/mol. The Bertz CT molecular complexity index is 847. The molecule has 1 aromatic carbocycles. The van der Waals surface area contributed by atoms with Crippen LogP contribution >= 0.6 is 0 Å². The highest BCUT2D eigenvalue weighted by Gasteiger charge is 2.37. The van der Waals surface area contributed by atoms with Crippen molar-refractivity contribution in [1.82, 2.24) is 4.90 Å². The van der Waals surface area contributed by atoms with Gasteiger partial charge in [0.15, 0.2) is 0 Å². The zero-order valence-electron chi connectivity index (χ0n) is 11.5. The highest BCUT2D eigenvalue weighted by Crippen LogP contribution is 2.38. The Hall–Kier alpha value is -2.62. The quantitative estimate of drug-likeness (QED) is 0.745. The van der Waals surface area contributed by atoms with E-state index in [1.807, 2.05) is 36.5 Å². The van der Waals surface area contributed by atoms with Crippen molar-refractivity contribution in [2.45, 2.75) is 19.4 Å². The van der Waals surface area contributed by atoms with Crippen LogP contribution in [0, 0.1) is 6.92 Å². The van der Waals surface area contributed by atoms with Crippen LogP contribution in [0.15, 0.2) is 45.7 Å². The Morgan fingerprint density at radius 3 is 2.90 bits per heavy atom. The second kappa shape index (κ2) is 4.19. The summed E-state index contributed by atoms with van der Waals surface area (Å²) in [6, 6.07) is 9.25. The molecule has 2 aliphatic rings. The molecule has 1 atom stereocenters. The molecular weight excluding hydrogens is 266 g/mol. The summed E-state index contributed by atoms with van der Waals surface area (Å²) in [5.74, 6) is 0.393. The summed E-state index contributed by atoms with van der Waals surface area (Å²) in [5.41, 5.74) is 2.99. The van der Waals surface area contributed by atoms with Gasteiger partial charge in [-0.05, 0) is 29.7 Å². The normalized spacial score (nSPS) is 19.0. The van der Waals surface area contributed by atoms with Crippen molar-refractivity contribution in [2.75, 3.05) is 0 Å². The lowest BCUT2D eigenvalue weighted by molar-refractivity contribution is 0.0726. The van der Waals surface area contributed by atoms with E-state index in [0.717, 1.165) is 11.1 Å². The largest absolute Gasteiger partial charge is 0.427 e. The molecular formula is C17H13NO3. The Labute approximate surface area is 121 Å². The summed E-state index contributed by atoms with van der Waals surface area (Å²) < 4.78 is 5.29. The van der Waals surface area contributed by atoms with Crippen LogP contribution in [0.25, 0.3) is 6.08 Å². The van der Waals surface area contributed by atoms with Gasteiger partial charge in [0.25, 0.3) is 5.91 Å². The molecule has 0 spiro atoms. The van der Waals surface area contributed by atoms with Gasteiger partial charge in [0, 0.05) is 18.7 Å². The number of rotatable bonds is 0. The third kappa shape index (κ3) is 1.69. The molecule has 4 nitrogen and oxygen atoms in total. The maximum absolute atomic E-state index is 12.7. The number of aryl methyl sites for hydroxylation is 1. The second-order valence-electron chi connectivity index (χ2n) is 5.42. The van der Waals surface area contributed by atoms with Crippen LogP contribution in [0.5, 0.6) is 0 Å². The maximum atomic E-state index is 12.7. The molecule has 1 unspecified atom stereocenters. The standard InChI is InChI=1S/C17H13NO3/c1-10-8-15(19)21-14-9-13-12-5-3-2-4-11(12)6-7-18(13)17(20)16(10)14/h2-8,13H,9H2,1H3. The zero-order valence-corrected chi connectivity index (χ0v) is 11.5. The first-order valence-electron chi connectivity index (χ1n) is 6.88. The van der Waals surface area contributed by atoms with Crippen molar-refractivity contribution in [3.8, 4) is 0 Å². The van der Waals surface area contributed by atoms with Crippen molar-refractivity contribution in [2.24, 2.45) is 0 Å². The summed E-state index contributed by atoms with van der Waals surface area (Å²) in [7, 11) is 0. The van der Waals surface area contributed by atoms with Gasteiger partial charge in [0.2, 0.25) is 0 Å². The molecule has 0 aliphatic carbocycles. The summed E-state index contributed by atoms with van der Waals surface area (Å²) in [6.07, 6.45) is 4.30. The number of carbonyl (C=O) groups is 1. The average Bonchev–Trinajstić information content (AvgIpc) is 2.46. The first-order chi connectivity index (χ1) is 10.1. The molecule has 0 fully saturated rings. The van der Waals surface area contributed by atoms with Gasteiger partial charge in [-0.3, -0.25) is 4.79 Å². The van der Waals surface area contributed by atoms with Gasteiger partial charge < -0.3 is 9.32 Å². The van der Waals surface area contributed by atoms with Crippen LogP contribution in [-0.2, 0) is 6.42 Å². The molecule has 0 N–H and O–H groups in total. The van der Waals surface area contributed by atoms with Crippen LogP contribution in [0.4, 0.5) is 0 Å². The van der Waals surface area contributed by atoms with Crippen molar-refractivity contribution in [1.29, 1.82) is 0 Å². The highest BCUT2D eigenvalue weighted by molar-refractivity contribution is 5.99. The van der Waals surface area contributed by atoms with E-state index in [9.17, 15) is 9.59 Å². The van der Waals surface area contributed by atoms with Crippen LogP contribution in [0.1, 0.15) is 38.9 Å². The number of benzene rings is 1. The third-order valence-electron chi connectivity index (χ3n) is 4.16. The molecule has 0 saturated carbocycles. The minimum absolute atomic E-state index is 0.101. The SMILES string of the molecule is Cc1cc(=O)oc2c1C(=O)N1C=Cc3ccccc3C1C2. The lowest BCUT2D eigenvalue weighted by Gasteiger charge is -2.37. The topological polar surface area (TPSA) is 50.5 Å². The summed E-state index contributed by atoms with van der Waals surface area (Å²) in [5, 5.41) is 0.